The zero-order valence-corrected chi connectivity index (χ0v) is 6.60. The van der Waals surface area contributed by atoms with Gasteiger partial charge in [0.1, 0.15) is 0 Å². The molecule has 66 valence electrons. The van der Waals surface area contributed by atoms with E-state index in [0.717, 1.165) is 19.3 Å². The van der Waals surface area contributed by atoms with Crippen molar-refractivity contribution in [3.05, 3.63) is 0 Å². The Morgan fingerprint density at radius 1 is 1.09 bits per heavy atom. The summed E-state index contributed by atoms with van der Waals surface area (Å²) < 4.78 is 24.4. The largest absolute Gasteiger partial charge is 0.328 e. The second-order valence-corrected chi connectivity index (χ2v) is 3.36. The van der Waals surface area contributed by atoms with E-state index in [-0.39, 0.29) is 12.0 Å². The van der Waals surface area contributed by atoms with Gasteiger partial charge in [-0.1, -0.05) is 6.42 Å². The molecule has 3 heteroatoms. The van der Waals surface area contributed by atoms with E-state index in [2.05, 4.69) is 0 Å². The maximum Gasteiger partial charge on any atom is 0.241 e. The lowest BCUT2D eigenvalue weighted by molar-refractivity contribution is 0.0686. The van der Waals surface area contributed by atoms with Gasteiger partial charge in [0, 0.05) is 12.0 Å². The van der Waals surface area contributed by atoms with Crippen LogP contribution in [0.4, 0.5) is 8.78 Å². The number of halogens is 2. The lowest BCUT2D eigenvalue weighted by Crippen LogP contribution is -2.18. The van der Waals surface area contributed by atoms with Crippen molar-refractivity contribution in [2.75, 3.05) is 0 Å². The summed E-state index contributed by atoms with van der Waals surface area (Å²) in [6, 6.07) is 0.166. The van der Waals surface area contributed by atoms with E-state index in [9.17, 15) is 8.78 Å². The summed E-state index contributed by atoms with van der Waals surface area (Å²) in [6.07, 6.45) is 1.69. The average molecular weight is 163 g/mol. The van der Waals surface area contributed by atoms with Crippen LogP contribution in [0.5, 0.6) is 0 Å². The monoisotopic (exact) mass is 163 g/mol. The van der Waals surface area contributed by atoms with Crippen LogP contribution in [0.1, 0.15) is 32.1 Å². The van der Waals surface area contributed by atoms with Crippen LogP contribution in [-0.2, 0) is 0 Å². The fraction of sp³-hybridized carbons (Fsp3) is 1.00. The third-order valence-electron chi connectivity index (χ3n) is 2.41. The normalized spacial score (nSPS) is 33.8. The minimum atomic E-state index is -2.14. The van der Waals surface area contributed by atoms with Gasteiger partial charge < -0.3 is 5.73 Å². The molecule has 0 unspecified atom stereocenters. The summed E-state index contributed by atoms with van der Waals surface area (Å²) in [7, 11) is 0. The van der Waals surface area contributed by atoms with E-state index in [1.165, 1.54) is 0 Å². The molecule has 1 nitrogen and oxygen atoms in total. The summed E-state index contributed by atoms with van der Waals surface area (Å²) in [6.45, 7) is 0. The SMILES string of the molecule is N[C@H]1CCC[C@@H](C(F)F)CC1. The molecule has 0 aromatic carbocycles. The lowest BCUT2D eigenvalue weighted by atomic mass is 10.0. The van der Waals surface area contributed by atoms with Gasteiger partial charge in [-0.2, -0.15) is 0 Å². The zero-order valence-electron chi connectivity index (χ0n) is 6.60. The van der Waals surface area contributed by atoms with Crippen molar-refractivity contribution in [1.29, 1.82) is 0 Å². The van der Waals surface area contributed by atoms with E-state index < -0.39 is 6.43 Å². The van der Waals surface area contributed by atoms with Gasteiger partial charge in [-0.05, 0) is 25.7 Å². The van der Waals surface area contributed by atoms with E-state index >= 15 is 0 Å². The Morgan fingerprint density at radius 2 is 1.82 bits per heavy atom. The smallest absolute Gasteiger partial charge is 0.241 e. The summed E-state index contributed by atoms with van der Waals surface area (Å²) in [5.74, 6) is -0.386. The predicted octanol–water partition coefficient (Wildman–Crippen LogP) is 2.16. The van der Waals surface area contributed by atoms with Gasteiger partial charge in [-0.15, -0.1) is 0 Å². The summed E-state index contributed by atoms with van der Waals surface area (Å²) in [5.41, 5.74) is 5.65. The molecule has 0 heterocycles. The van der Waals surface area contributed by atoms with Crippen LogP contribution in [0.15, 0.2) is 0 Å². The zero-order chi connectivity index (χ0) is 8.27. The van der Waals surface area contributed by atoms with E-state index in [0.29, 0.717) is 12.8 Å². The fourth-order valence-electron chi connectivity index (χ4n) is 1.61. The van der Waals surface area contributed by atoms with Crippen molar-refractivity contribution in [3.8, 4) is 0 Å². The molecule has 0 spiro atoms. The molecular formula is C8H15F2N. The first-order valence-electron chi connectivity index (χ1n) is 4.24. The molecule has 1 fully saturated rings. The molecule has 0 saturated heterocycles. The van der Waals surface area contributed by atoms with Crippen LogP contribution in [0.2, 0.25) is 0 Å². The number of alkyl halides is 2. The number of hydrogen-bond donors (Lipinski definition) is 1. The minimum Gasteiger partial charge on any atom is -0.328 e. The van der Waals surface area contributed by atoms with Crippen LogP contribution >= 0.6 is 0 Å². The van der Waals surface area contributed by atoms with Crippen LogP contribution in [0.3, 0.4) is 0 Å². The van der Waals surface area contributed by atoms with Gasteiger partial charge in [0.05, 0.1) is 0 Å². The van der Waals surface area contributed by atoms with Crippen molar-refractivity contribution in [2.45, 2.75) is 44.6 Å². The molecule has 0 aliphatic heterocycles. The van der Waals surface area contributed by atoms with Crippen LogP contribution in [0.25, 0.3) is 0 Å². The molecule has 1 aliphatic rings. The third kappa shape index (κ3) is 2.73. The number of rotatable bonds is 1. The molecule has 1 rings (SSSR count). The molecule has 11 heavy (non-hydrogen) atoms. The fourth-order valence-corrected chi connectivity index (χ4v) is 1.61. The first-order valence-corrected chi connectivity index (χ1v) is 4.24. The van der Waals surface area contributed by atoms with E-state index in [1.54, 1.807) is 0 Å². The molecule has 2 atom stereocenters. The van der Waals surface area contributed by atoms with Crippen LogP contribution in [0, 0.1) is 5.92 Å². The van der Waals surface area contributed by atoms with Gasteiger partial charge in [-0.3, -0.25) is 0 Å². The van der Waals surface area contributed by atoms with Crippen molar-refractivity contribution >= 4 is 0 Å². The van der Waals surface area contributed by atoms with Crippen molar-refractivity contribution in [3.63, 3.8) is 0 Å². The molecule has 1 aliphatic carbocycles. The Hall–Kier alpha value is -0.180. The van der Waals surface area contributed by atoms with Gasteiger partial charge in [0.25, 0.3) is 0 Å². The van der Waals surface area contributed by atoms with Crippen molar-refractivity contribution in [1.82, 2.24) is 0 Å². The summed E-state index contributed by atoms with van der Waals surface area (Å²) in [4.78, 5) is 0. The second kappa shape index (κ2) is 4.00. The average Bonchev–Trinajstić information content (AvgIpc) is 2.13. The Kier molecular flexibility index (Phi) is 3.24. The Balaban J connectivity index is 2.34. The second-order valence-electron chi connectivity index (χ2n) is 3.36. The van der Waals surface area contributed by atoms with Crippen molar-refractivity contribution < 1.29 is 8.78 Å². The van der Waals surface area contributed by atoms with Gasteiger partial charge in [-0.25, -0.2) is 8.78 Å². The van der Waals surface area contributed by atoms with Crippen LogP contribution in [-0.4, -0.2) is 12.5 Å². The van der Waals surface area contributed by atoms with Crippen LogP contribution < -0.4 is 5.73 Å². The Morgan fingerprint density at radius 3 is 2.45 bits per heavy atom. The molecular weight excluding hydrogens is 148 g/mol. The molecule has 0 aromatic rings. The quantitative estimate of drug-likeness (QED) is 0.589. The maximum absolute atomic E-state index is 12.2. The molecule has 0 aromatic heterocycles. The summed E-state index contributed by atoms with van der Waals surface area (Å²) >= 11 is 0. The number of nitrogens with two attached hydrogens (primary N) is 1. The highest BCUT2D eigenvalue weighted by molar-refractivity contribution is 4.72. The Labute approximate surface area is 66.0 Å². The minimum absolute atomic E-state index is 0.166. The van der Waals surface area contributed by atoms with Gasteiger partial charge in [0.15, 0.2) is 0 Å². The highest BCUT2D eigenvalue weighted by Crippen LogP contribution is 2.27. The predicted molar refractivity (Wildman–Crippen MR) is 40.6 cm³/mol. The molecule has 0 radical (unpaired) electrons. The lowest BCUT2D eigenvalue weighted by Gasteiger charge is -2.11. The Bertz CT molecular complexity index is 117. The van der Waals surface area contributed by atoms with E-state index in [1.807, 2.05) is 0 Å². The highest BCUT2D eigenvalue weighted by atomic mass is 19.3. The molecule has 1 saturated carbocycles. The van der Waals surface area contributed by atoms with E-state index in [4.69, 9.17) is 5.73 Å². The highest BCUT2D eigenvalue weighted by Gasteiger charge is 2.23. The first kappa shape index (κ1) is 8.91. The topological polar surface area (TPSA) is 26.0 Å². The molecule has 0 bridgehead atoms. The number of hydrogen-bond acceptors (Lipinski definition) is 1. The van der Waals surface area contributed by atoms with Gasteiger partial charge >= 0.3 is 0 Å². The third-order valence-corrected chi connectivity index (χ3v) is 2.41. The standard InChI is InChI=1S/C8H15F2N/c9-8(10)6-2-1-3-7(11)5-4-6/h6-8H,1-5,11H2/t6-,7+/m1/s1. The summed E-state index contributed by atoms with van der Waals surface area (Å²) in [5, 5.41) is 0. The van der Waals surface area contributed by atoms with Crippen molar-refractivity contribution in [2.24, 2.45) is 11.7 Å². The molecule has 2 N–H and O–H groups in total. The molecule has 0 amide bonds. The first-order chi connectivity index (χ1) is 5.20. The van der Waals surface area contributed by atoms with Gasteiger partial charge in [0.2, 0.25) is 6.43 Å². The maximum atomic E-state index is 12.2.